The number of carbonyl (C=O) groups is 1. The molecule has 0 aliphatic heterocycles. The zero-order valence-electron chi connectivity index (χ0n) is 18.6. The molecule has 0 radical (unpaired) electrons. The Labute approximate surface area is 211 Å². The monoisotopic (exact) mass is 542 g/mol. The van der Waals surface area contributed by atoms with Crippen molar-refractivity contribution in [2.45, 2.75) is 13.0 Å². The molecule has 1 heterocycles. The van der Waals surface area contributed by atoms with E-state index in [9.17, 15) is 4.79 Å². The standard InChI is InChI=1S/C25H24BrClN4O3/c1-31-16-28-23-14-22(29-21-9-8-18(26)12-20(21)27)19(13-24(23)31)25(32)30-34-11-5-10-33-15-17-6-3-2-4-7-17/h2-4,6-9,12-14,16,29H,5,10-11,15H2,1H3,(H,30,32). The molecule has 0 saturated heterocycles. The lowest BCUT2D eigenvalue weighted by molar-refractivity contribution is 0.0187. The van der Waals surface area contributed by atoms with Gasteiger partial charge in [0.1, 0.15) is 0 Å². The number of carbonyl (C=O) groups excluding carboxylic acids is 1. The molecule has 0 aliphatic carbocycles. The number of anilines is 2. The van der Waals surface area contributed by atoms with Crippen LogP contribution in [0.1, 0.15) is 22.3 Å². The van der Waals surface area contributed by atoms with Crippen LogP contribution in [0.5, 0.6) is 0 Å². The lowest BCUT2D eigenvalue weighted by Crippen LogP contribution is -2.25. The molecule has 0 fully saturated rings. The van der Waals surface area contributed by atoms with Gasteiger partial charge < -0.3 is 14.6 Å². The summed E-state index contributed by atoms with van der Waals surface area (Å²) in [5, 5.41) is 3.77. The first kappa shape index (κ1) is 24.2. The van der Waals surface area contributed by atoms with E-state index in [2.05, 4.69) is 31.7 Å². The van der Waals surface area contributed by atoms with Gasteiger partial charge in [0.25, 0.3) is 5.91 Å². The maximum Gasteiger partial charge on any atom is 0.277 e. The lowest BCUT2D eigenvalue weighted by Gasteiger charge is -2.14. The van der Waals surface area contributed by atoms with E-state index in [4.69, 9.17) is 21.2 Å². The number of hydrogen-bond donors (Lipinski definition) is 2. The molecule has 7 nitrogen and oxygen atoms in total. The Morgan fingerprint density at radius 2 is 1.91 bits per heavy atom. The fraction of sp³-hybridized carbons (Fsp3) is 0.200. The second kappa shape index (κ2) is 11.5. The molecule has 9 heteroatoms. The number of halogens is 2. The van der Waals surface area contributed by atoms with Gasteiger partial charge in [0, 0.05) is 18.1 Å². The minimum Gasteiger partial charge on any atom is -0.377 e. The van der Waals surface area contributed by atoms with Gasteiger partial charge in [-0.05, 0) is 42.3 Å². The number of hydroxylamine groups is 1. The van der Waals surface area contributed by atoms with Crippen molar-refractivity contribution < 1.29 is 14.4 Å². The third kappa shape index (κ3) is 6.15. The molecule has 0 saturated carbocycles. The summed E-state index contributed by atoms with van der Waals surface area (Å²) >= 11 is 9.77. The van der Waals surface area contributed by atoms with E-state index in [0.29, 0.717) is 48.2 Å². The molecule has 0 unspecified atom stereocenters. The van der Waals surface area contributed by atoms with Crippen LogP contribution in [0.4, 0.5) is 11.4 Å². The van der Waals surface area contributed by atoms with Crippen molar-refractivity contribution in [2.24, 2.45) is 7.05 Å². The van der Waals surface area contributed by atoms with Gasteiger partial charge in [-0.15, -0.1) is 0 Å². The highest BCUT2D eigenvalue weighted by Crippen LogP contribution is 2.31. The Kier molecular flexibility index (Phi) is 8.18. The predicted octanol–water partition coefficient (Wildman–Crippen LogP) is 6.00. The minimum atomic E-state index is -0.371. The van der Waals surface area contributed by atoms with E-state index in [-0.39, 0.29) is 5.91 Å². The van der Waals surface area contributed by atoms with Gasteiger partial charge in [-0.25, -0.2) is 10.5 Å². The van der Waals surface area contributed by atoms with Crippen molar-refractivity contribution in [1.82, 2.24) is 15.0 Å². The van der Waals surface area contributed by atoms with E-state index < -0.39 is 0 Å². The number of rotatable bonds is 10. The van der Waals surface area contributed by atoms with Crippen LogP contribution in [0, 0.1) is 0 Å². The van der Waals surface area contributed by atoms with E-state index in [0.717, 1.165) is 21.1 Å². The molecule has 1 aromatic heterocycles. The molecule has 4 aromatic rings. The summed E-state index contributed by atoms with van der Waals surface area (Å²) in [6.45, 7) is 1.40. The smallest absolute Gasteiger partial charge is 0.277 e. The Balaban J connectivity index is 1.37. The first-order chi connectivity index (χ1) is 16.5. The molecule has 0 spiro atoms. The van der Waals surface area contributed by atoms with Crippen molar-refractivity contribution in [1.29, 1.82) is 0 Å². The highest BCUT2D eigenvalue weighted by atomic mass is 79.9. The number of benzene rings is 3. The van der Waals surface area contributed by atoms with E-state index in [1.165, 1.54) is 0 Å². The van der Waals surface area contributed by atoms with Crippen LogP contribution >= 0.6 is 27.5 Å². The third-order valence-electron chi connectivity index (χ3n) is 5.12. The fourth-order valence-electron chi connectivity index (χ4n) is 3.37. The fourth-order valence-corrected chi connectivity index (χ4v) is 4.09. The average Bonchev–Trinajstić information content (AvgIpc) is 3.19. The van der Waals surface area contributed by atoms with Crippen molar-refractivity contribution >= 4 is 55.8 Å². The highest BCUT2D eigenvalue weighted by Gasteiger charge is 2.16. The van der Waals surface area contributed by atoms with Crippen LogP contribution in [-0.4, -0.2) is 28.7 Å². The maximum absolute atomic E-state index is 13.0. The molecule has 0 aliphatic rings. The molecular formula is C25H24BrClN4O3. The van der Waals surface area contributed by atoms with Crippen molar-refractivity contribution in [3.05, 3.63) is 87.6 Å². The number of fused-ring (bicyclic) bond motifs is 1. The zero-order valence-corrected chi connectivity index (χ0v) is 20.9. The Morgan fingerprint density at radius 1 is 1.09 bits per heavy atom. The summed E-state index contributed by atoms with van der Waals surface area (Å²) < 4.78 is 8.36. The summed E-state index contributed by atoms with van der Waals surface area (Å²) in [4.78, 5) is 22.8. The number of amides is 1. The molecule has 0 atom stereocenters. The van der Waals surface area contributed by atoms with Crippen molar-refractivity contribution in [3.63, 3.8) is 0 Å². The Bertz CT molecular complexity index is 1280. The maximum atomic E-state index is 13.0. The van der Waals surface area contributed by atoms with Gasteiger partial charge in [0.2, 0.25) is 0 Å². The number of aromatic nitrogens is 2. The highest BCUT2D eigenvalue weighted by molar-refractivity contribution is 9.10. The van der Waals surface area contributed by atoms with Gasteiger partial charge in [-0.3, -0.25) is 9.63 Å². The third-order valence-corrected chi connectivity index (χ3v) is 5.93. The molecule has 4 rings (SSSR count). The number of nitrogens with zero attached hydrogens (tertiary/aromatic N) is 2. The summed E-state index contributed by atoms with van der Waals surface area (Å²) in [5.41, 5.74) is 6.89. The van der Waals surface area contributed by atoms with Crippen LogP contribution in [0.3, 0.4) is 0 Å². The topological polar surface area (TPSA) is 77.4 Å². The molecule has 34 heavy (non-hydrogen) atoms. The molecule has 176 valence electrons. The van der Waals surface area contributed by atoms with Gasteiger partial charge in [-0.2, -0.15) is 0 Å². The summed E-state index contributed by atoms with van der Waals surface area (Å²) in [5.74, 6) is -0.371. The van der Waals surface area contributed by atoms with E-state index in [1.54, 1.807) is 18.5 Å². The van der Waals surface area contributed by atoms with Crippen molar-refractivity contribution in [3.8, 4) is 0 Å². The summed E-state index contributed by atoms with van der Waals surface area (Å²) in [6, 6.07) is 19.1. The van der Waals surface area contributed by atoms with Crippen LogP contribution in [0.2, 0.25) is 5.02 Å². The molecular weight excluding hydrogens is 520 g/mol. The number of hydrogen-bond acceptors (Lipinski definition) is 5. The largest absolute Gasteiger partial charge is 0.377 e. The number of aryl methyl sites for hydroxylation is 1. The molecule has 1 amide bonds. The van der Waals surface area contributed by atoms with Crippen LogP contribution in [0.25, 0.3) is 11.0 Å². The van der Waals surface area contributed by atoms with Crippen molar-refractivity contribution in [2.75, 3.05) is 18.5 Å². The first-order valence-corrected chi connectivity index (χ1v) is 11.9. The molecule has 0 bridgehead atoms. The number of ether oxygens (including phenoxy) is 1. The first-order valence-electron chi connectivity index (χ1n) is 10.7. The molecule has 3 aromatic carbocycles. The normalized spacial score (nSPS) is 11.0. The molecule has 2 N–H and O–H groups in total. The van der Waals surface area contributed by atoms with Crippen LogP contribution < -0.4 is 10.8 Å². The van der Waals surface area contributed by atoms with E-state index in [1.807, 2.05) is 60.1 Å². The second-order valence-electron chi connectivity index (χ2n) is 7.66. The SMILES string of the molecule is Cn1cnc2cc(Nc3ccc(Br)cc3Cl)c(C(=O)NOCCCOCc3ccccc3)cc21. The van der Waals surface area contributed by atoms with Gasteiger partial charge >= 0.3 is 0 Å². The van der Waals surface area contributed by atoms with Gasteiger partial charge in [-0.1, -0.05) is 57.9 Å². The lowest BCUT2D eigenvalue weighted by atomic mass is 10.1. The zero-order chi connectivity index (χ0) is 23.9. The number of nitrogens with one attached hydrogen (secondary N) is 2. The minimum absolute atomic E-state index is 0.329. The predicted molar refractivity (Wildman–Crippen MR) is 137 cm³/mol. The summed E-state index contributed by atoms with van der Waals surface area (Å²) in [6.07, 6.45) is 2.35. The number of imidazole rings is 1. The van der Waals surface area contributed by atoms with Gasteiger partial charge in [0.15, 0.2) is 0 Å². The second-order valence-corrected chi connectivity index (χ2v) is 8.99. The summed E-state index contributed by atoms with van der Waals surface area (Å²) in [7, 11) is 1.88. The average molecular weight is 544 g/mol. The van der Waals surface area contributed by atoms with Gasteiger partial charge in [0.05, 0.1) is 52.5 Å². The Morgan fingerprint density at radius 3 is 2.71 bits per heavy atom. The quantitative estimate of drug-likeness (QED) is 0.189. The van der Waals surface area contributed by atoms with Crippen LogP contribution in [-0.2, 0) is 23.2 Å². The van der Waals surface area contributed by atoms with E-state index >= 15 is 0 Å². The Hall–Kier alpha value is -2.91. The van der Waals surface area contributed by atoms with Crippen LogP contribution in [0.15, 0.2) is 71.5 Å².